The highest BCUT2D eigenvalue weighted by Crippen LogP contribution is 2.30. The van der Waals surface area contributed by atoms with E-state index in [1.807, 2.05) is 12.1 Å². The molecule has 2 N–H and O–H groups in total. The number of phenols is 2. The molecule has 0 saturated carbocycles. The Morgan fingerprint density at radius 1 is 0.783 bits per heavy atom. The second-order valence-electron chi connectivity index (χ2n) is 5.11. The van der Waals surface area contributed by atoms with E-state index in [1.54, 1.807) is 30.3 Å². The molecule has 0 aliphatic heterocycles. The average molecular weight is 325 g/mol. The van der Waals surface area contributed by atoms with E-state index in [0.717, 1.165) is 5.56 Å². The number of aromatic hydroxyl groups is 2. The number of halogens is 1. The molecule has 114 valence electrons. The van der Waals surface area contributed by atoms with Gasteiger partial charge in [-0.05, 0) is 65.7 Å². The fourth-order valence-corrected chi connectivity index (χ4v) is 2.50. The van der Waals surface area contributed by atoms with Crippen LogP contribution in [0.15, 0.2) is 66.7 Å². The zero-order valence-electron chi connectivity index (χ0n) is 12.0. The molecule has 4 heteroatoms. The van der Waals surface area contributed by atoms with Crippen molar-refractivity contribution < 1.29 is 15.0 Å². The third-order valence-electron chi connectivity index (χ3n) is 3.53. The van der Waals surface area contributed by atoms with Gasteiger partial charge < -0.3 is 10.2 Å². The molecule has 3 nitrogen and oxygen atoms in total. The third kappa shape index (κ3) is 3.20. The summed E-state index contributed by atoms with van der Waals surface area (Å²) in [7, 11) is 0. The maximum atomic E-state index is 12.8. The summed E-state index contributed by atoms with van der Waals surface area (Å²) in [5.41, 5.74) is 2.36. The molecular formula is C19H13ClO3. The summed E-state index contributed by atoms with van der Waals surface area (Å²) in [6, 6.07) is 17.8. The Bertz CT molecular complexity index is 853. The summed E-state index contributed by atoms with van der Waals surface area (Å²) in [5, 5.41) is 19.7. The van der Waals surface area contributed by atoms with E-state index >= 15 is 0 Å². The molecule has 0 heterocycles. The molecule has 0 unspecified atom stereocenters. The first-order chi connectivity index (χ1) is 11.0. The zero-order chi connectivity index (χ0) is 16.4. The van der Waals surface area contributed by atoms with Crippen LogP contribution in [0, 0.1) is 0 Å². The highest BCUT2D eigenvalue weighted by molar-refractivity contribution is 6.30. The Kier molecular flexibility index (Phi) is 4.04. The number of ketones is 1. The molecular weight excluding hydrogens is 312 g/mol. The van der Waals surface area contributed by atoms with E-state index in [9.17, 15) is 15.0 Å². The van der Waals surface area contributed by atoms with Crippen LogP contribution in [0.4, 0.5) is 0 Å². The van der Waals surface area contributed by atoms with Crippen LogP contribution < -0.4 is 0 Å². The Morgan fingerprint density at radius 2 is 1.39 bits per heavy atom. The Labute approximate surface area is 138 Å². The quantitative estimate of drug-likeness (QED) is 0.689. The van der Waals surface area contributed by atoms with E-state index < -0.39 is 0 Å². The molecule has 3 rings (SSSR count). The second-order valence-corrected chi connectivity index (χ2v) is 5.55. The molecule has 0 aliphatic rings. The fourth-order valence-electron chi connectivity index (χ4n) is 2.37. The molecule has 0 bridgehead atoms. The summed E-state index contributed by atoms with van der Waals surface area (Å²) in [4.78, 5) is 12.8. The first-order valence-corrected chi connectivity index (χ1v) is 7.35. The lowest BCUT2D eigenvalue weighted by atomic mass is 9.93. The van der Waals surface area contributed by atoms with Gasteiger partial charge in [-0.15, -0.1) is 0 Å². The van der Waals surface area contributed by atoms with Crippen LogP contribution in [0.2, 0.25) is 5.02 Å². The van der Waals surface area contributed by atoms with Gasteiger partial charge in [0, 0.05) is 16.1 Å². The van der Waals surface area contributed by atoms with Crippen molar-refractivity contribution in [1.29, 1.82) is 0 Å². The Morgan fingerprint density at radius 3 is 2.04 bits per heavy atom. The first kappa shape index (κ1) is 15.1. The van der Waals surface area contributed by atoms with Crippen LogP contribution in [0.5, 0.6) is 11.5 Å². The molecule has 3 aromatic carbocycles. The van der Waals surface area contributed by atoms with Crippen molar-refractivity contribution in [1.82, 2.24) is 0 Å². The highest BCUT2D eigenvalue weighted by Gasteiger charge is 2.16. The molecule has 0 amide bonds. The minimum atomic E-state index is -0.231. The molecule has 0 saturated heterocycles. The monoisotopic (exact) mass is 324 g/mol. The van der Waals surface area contributed by atoms with E-state index in [1.165, 1.54) is 24.3 Å². The molecule has 0 radical (unpaired) electrons. The maximum absolute atomic E-state index is 12.8. The average Bonchev–Trinajstić information content (AvgIpc) is 2.56. The second kappa shape index (κ2) is 6.15. The predicted octanol–water partition coefficient (Wildman–Crippen LogP) is 4.65. The van der Waals surface area contributed by atoms with Crippen molar-refractivity contribution in [2.75, 3.05) is 0 Å². The minimum absolute atomic E-state index is 0.0184. The molecule has 3 aromatic rings. The van der Waals surface area contributed by atoms with Crippen LogP contribution in [-0.4, -0.2) is 16.0 Å². The number of carbonyl (C=O) groups excluding carboxylic acids is 1. The van der Waals surface area contributed by atoms with Crippen LogP contribution in [0.1, 0.15) is 15.9 Å². The predicted molar refractivity (Wildman–Crippen MR) is 90.1 cm³/mol. The van der Waals surface area contributed by atoms with Gasteiger partial charge in [0.05, 0.1) is 0 Å². The Hall–Kier alpha value is -2.78. The number of phenolic OH excluding ortho intramolecular Hbond substituents is 2. The topological polar surface area (TPSA) is 57.5 Å². The number of hydrogen-bond acceptors (Lipinski definition) is 3. The van der Waals surface area contributed by atoms with Gasteiger partial charge in [-0.2, -0.15) is 0 Å². The summed E-state index contributed by atoms with van der Waals surface area (Å²) in [6.07, 6.45) is 0. The van der Waals surface area contributed by atoms with Crippen LogP contribution >= 0.6 is 11.6 Å². The van der Waals surface area contributed by atoms with Gasteiger partial charge in [-0.3, -0.25) is 4.79 Å². The smallest absolute Gasteiger partial charge is 0.193 e. The molecule has 0 atom stereocenters. The van der Waals surface area contributed by atoms with Crippen molar-refractivity contribution in [3.8, 4) is 22.6 Å². The lowest BCUT2D eigenvalue weighted by molar-refractivity contribution is 0.103. The van der Waals surface area contributed by atoms with Gasteiger partial charge >= 0.3 is 0 Å². The van der Waals surface area contributed by atoms with Gasteiger partial charge in [0.25, 0.3) is 0 Å². The Balaban J connectivity index is 2.10. The number of carbonyl (C=O) groups is 1. The summed E-state index contributed by atoms with van der Waals surface area (Å²) < 4.78 is 0. The molecule has 23 heavy (non-hydrogen) atoms. The van der Waals surface area contributed by atoms with E-state index in [-0.39, 0.29) is 17.3 Å². The lowest BCUT2D eigenvalue weighted by Crippen LogP contribution is -2.03. The number of rotatable bonds is 3. The molecule has 0 spiro atoms. The molecule has 0 aromatic heterocycles. The van der Waals surface area contributed by atoms with Gasteiger partial charge in [-0.1, -0.05) is 23.7 Å². The summed E-state index contributed by atoms with van der Waals surface area (Å²) in [5.74, 6) is -0.119. The van der Waals surface area contributed by atoms with E-state index in [4.69, 9.17) is 11.6 Å². The van der Waals surface area contributed by atoms with Gasteiger partial charge in [0.2, 0.25) is 0 Å². The molecule has 0 aliphatic carbocycles. The summed E-state index contributed by atoms with van der Waals surface area (Å²) >= 11 is 5.91. The van der Waals surface area contributed by atoms with E-state index in [0.29, 0.717) is 21.7 Å². The minimum Gasteiger partial charge on any atom is -0.508 e. The van der Waals surface area contributed by atoms with Crippen molar-refractivity contribution in [2.24, 2.45) is 0 Å². The lowest BCUT2D eigenvalue weighted by Gasteiger charge is -2.10. The van der Waals surface area contributed by atoms with Crippen molar-refractivity contribution in [3.63, 3.8) is 0 Å². The zero-order valence-corrected chi connectivity index (χ0v) is 12.8. The number of hydrogen-bond donors (Lipinski definition) is 2. The standard InChI is InChI=1S/C19H13ClO3/c20-14-5-1-12(2-6-14)17-10-9-16(22)11-18(17)19(23)13-3-7-15(21)8-4-13/h1-11,21-22H. The SMILES string of the molecule is O=C(c1ccc(O)cc1)c1cc(O)ccc1-c1ccc(Cl)cc1. The van der Waals surface area contributed by atoms with Gasteiger partial charge in [0.1, 0.15) is 11.5 Å². The van der Waals surface area contributed by atoms with Crippen molar-refractivity contribution >= 4 is 17.4 Å². The van der Waals surface area contributed by atoms with Crippen LogP contribution in [0.25, 0.3) is 11.1 Å². The largest absolute Gasteiger partial charge is 0.508 e. The van der Waals surface area contributed by atoms with Crippen LogP contribution in [-0.2, 0) is 0 Å². The molecule has 0 fully saturated rings. The van der Waals surface area contributed by atoms with E-state index in [2.05, 4.69) is 0 Å². The first-order valence-electron chi connectivity index (χ1n) is 6.97. The maximum Gasteiger partial charge on any atom is 0.193 e. The van der Waals surface area contributed by atoms with Crippen molar-refractivity contribution in [2.45, 2.75) is 0 Å². The highest BCUT2D eigenvalue weighted by atomic mass is 35.5. The van der Waals surface area contributed by atoms with Gasteiger partial charge in [0.15, 0.2) is 5.78 Å². The summed E-state index contributed by atoms with van der Waals surface area (Å²) in [6.45, 7) is 0. The van der Waals surface area contributed by atoms with Crippen molar-refractivity contribution in [3.05, 3.63) is 82.9 Å². The third-order valence-corrected chi connectivity index (χ3v) is 3.78. The number of benzene rings is 3. The van der Waals surface area contributed by atoms with Crippen LogP contribution in [0.3, 0.4) is 0 Å². The normalized spacial score (nSPS) is 10.5. The van der Waals surface area contributed by atoms with Gasteiger partial charge in [-0.25, -0.2) is 0 Å². The fraction of sp³-hybridized carbons (Fsp3) is 0.